The summed E-state index contributed by atoms with van der Waals surface area (Å²) in [6, 6.07) is 21.7. The van der Waals surface area contributed by atoms with Crippen molar-refractivity contribution >= 4 is 21.9 Å². The van der Waals surface area contributed by atoms with Crippen LogP contribution in [0.4, 0.5) is 5.95 Å². The first kappa shape index (κ1) is 25.1. The Kier molecular flexibility index (Phi) is 6.31. The zero-order chi connectivity index (χ0) is 27.1. The highest BCUT2D eigenvalue weighted by Crippen LogP contribution is 2.40. The Hall–Kier alpha value is -4.24. The minimum atomic E-state index is -4.08. The Morgan fingerprint density at radius 3 is 2.28 bits per heavy atom. The summed E-state index contributed by atoms with van der Waals surface area (Å²) in [7, 11) is -4.08. The Labute approximate surface area is 227 Å². The van der Waals surface area contributed by atoms with E-state index in [1.807, 2.05) is 44.2 Å². The van der Waals surface area contributed by atoms with E-state index in [4.69, 9.17) is 4.74 Å². The van der Waals surface area contributed by atoms with Crippen molar-refractivity contribution in [3.05, 3.63) is 101 Å². The molecule has 39 heavy (non-hydrogen) atoms. The molecular weight excluding hydrogens is 512 g/mol. The average Bonchev–Trinajstić information content (AvgIpc) is 3.76. The highest BCUT2D eigenvalue weighted by Gasteiger charge is 2.26. The molecule has 0 spiro atoms. The number of hydrogen-bond acceptors (Lipinski definition) is 6. The van der Waals surface area contributed by atoms with Crippen LogP contribution in [-0.2, 0) is 10.0 Å². The smallest absolute Gasteiger partial charge is 0.264 e. The van der Waals surface area contributed by atoms with Crippen LogP contribution in [0.15, 0.2) is 77.7 Å². The number of sulfonamides is 1. The monoisotopic (exact) mass is 540 g/mol. The van der Waals surface area contributed by atoms with Gasteiger partial charge in [0.1, 0.15) is 6.10 Å². The standard InChI is InChI=1S/C30H28N4O4S/c1-18-5-3-6-19(2)28(18)25-16-27-33-30(32-25)34-39(36,37)24-8-4-7-23(15-24)29(35)31-17-26(38-27)22-13-11-21(12-14-22)20-9-10-20/h3-8,11-16,20,26H,9-10,17H2,1-2H3,(H,31,35)(H,32,33,34). The molecule has 1 amide bonds. The topological polar surface area (TPSA) is 110 Å². The number of fused-ring (bicyclic) bond motifs is 4. The molecular formula is C30H28N4O4S. The summed E-state index contributed by atoms with van der Waals surface area (Å²) in [4.78, 5) is 21.9. The Morgan fingerprint density at radius 2 is 1.56 bits per heavy atom. The first-order valence-corrected chi connectivity index (χ1v) is 14.4. The van der Waals surface area contributed by atoms with Gasteiger partial charge >= 0.3 is 0 Å². The maximum absolute atomic E-state index is 13.3. The molecule has 1 aromatic heterocycles. The lowest BCUT2D eigenvalue weighted by Gasteiger charge is -2.21. The summed E-state index contributed by atoms with van der Waals surface area (Å²) in [6.45, 7) is 4.11. The average molecular weight is 541 g/mol. The number of amides is 1. The number of rotatable bonds is 3. The van der Waals surface area contributed by atoms with Crippen molar-refractivity contribution in [1.82, 2.24) is 15.3 Å². The minimum absolute atomic E-state index is 0.0647. The molecule has 1 atom stereocenters. The number of nitrogens with one attached hydrogen (secondary N) is 2. The van der Waals surface area contributed by atoms with Crippen LogP contribution in [0.25, 0.3) is 11.3 Å². The zero-order valence-corrected chi connectivity index (χ0v) is 22.5. The largest absolute Gasteiger partial charge is 0.467 e. The van der Waals surface area contributed by atoms with E-state index in [1.54, 1.807) is 12.1 Å². The fraction of sp³-hybridized carbons (Fsp3) is 0.233. The van der Waals surface area contributed by atoms with Gasteiger partial charge in [0.2, 0.25) is 11.8 Å². The zero-order valence-electron chi connectivity index (χ0n) is 21.6. The van der Waals surface area contributed by atoms with E-state index >= 15 is 0 Å². The number of anilines is 1. The van der Waals surface area contributed by atoms with Crippen LogP contribution in [0.2, 0.25) is 0 Å². The van der Waals surface area contributed by atoms with Gasteiger partial charge in [-0.3, -0.25) is 4.79 Å². The summed E-state index contributed by atoms with van der Waals surface area (Å²) in [6.07, 6.45) is 1.83. The van der Waals surface area contributed by atoms with Gasteiger partial charge < -0.3 is 10.1 Å². The van der Waals surface area contributed by atoms with Crippen molar-refractivity contribution < 1.29 is 17.9 Å². The van der Waals surface area contributed by atoms with Gasteiger partial charge in [0, 0.05) is 17.2 Å². The van der Waals surface area contributed by atoms with E-state index in [9.17, 15) is 13.2 Å². The molecule has 6 rings (SSSR count). The number of nitrogens with zero attached hydrogens (tertiary/aromatic N) is 2. The van der Waals surface area contributed by atoms with E-state index in [2.05, 4.69) is 32.1 Å². The first-order valence-electron chi connectivity index (χ1n) is 12.9. The van der Waals surface area contributed by atoms with Gasteiger partial charge in [-0.2, -0.15) is 4.98 Å². The van der Waals surface area contributed by atoms with Crippen molar-refractivity contribution in [3.8, 4) is 17.1 Å². The van der Waals surface area contributed by atoms with E-state index in [0.29, 0.717) is 11.6 Å². The molecule has 1 unspecified atom stereocenters. The molecule has 3 aromatic carbocycles. The van der Waals surface area contributed by atoms with E-state index in [1.165, 1.54) is 36.6 Å². The second-order valence-electron chi connectivity index (χ2n) is 10.1. The number of benzene rings is 3. The fourth-order valence-electron chi connectivity index (χ4n) is 4.92. The maximum atomic E-state index is 13.3. The molecule has 2 aliphatic rings. The first-order chi connectivity index (χ1) is 18.8. The van der Waals surface area contributed by atoms with Gasteiger partial charge in [0.25, 0.3) is 15.9 Å². The van der Waals surface area contributed by atoms with Crippen LogP contribution < -0.4 is 14.8 Å². The second-order valence-corrected chi connectivity index (χ2v) is 11.8. The molecule has 1 aliphatic carbocycles. The van der Waals surface area contributed by atoms with Crippen LogP contribution in [0, 0.1) is 13.8 Å². The van der Waals surface area contributed by atoms with E-state index in [0.717, 1.165) is 22.3 Å². The van der Waals surface area contributed by atoms with Crippen LogP contribution >= 0.6 is 0 Å². The Bertz CT molecular complexity index is 1660. The number of ether oxygens (including phenoxy) is 1. The molecule has 9 heteroatoms. The van der Waals surface area contributed by atoms with Crippen LogP contribution in [0.1, 0.15) is 57.5 Å². The van der Waals surface area contributed by atoms with Crippen molar-refractivity contribution in [2.45, 2.75) is 43.6 Å². The number of aryl methyl sites for hydroxylation is 2. The van der Waals surface area contributed by atoms with Crippen LogP contribution in [-0.4, -0.2) is 30.8 Å². The van der Waals surface area contributed by atoms with Gasteiger partial charge in [0.05, 0.1) is 17.1 Å². The van der Waals surface area contributed by atoms with Gasteiger partial charge in [-0.15, -0.1) is 0 Å². The van der Waals surface area contributed by atoms with Crippen molar-refractivity contribution in [1.29, 1.82) is 0 Å². The molecule has 2 N–H and O–H groups in total. The molecule has 198 valence electrons. The molecule has 2 heterocycles. The second kappa shape index (κ2) is 9.81. The summed E-state index contributed by atoms with van der Waals surface area (Å²) < 4.78 is 35.4. The summed E-state index contributed by atoms with van der Waals surface area (Å²) in [5, 5.41) is 2.91. The lowest BCUT2D eigenvalue weighted by molar-refractivity contribution is 0.0925. The van der Waals surface area contributed by atoms with Gasteiger partial charge in [0.15, 0.2) is 0 Å². The molecule has 0 saturated heterocycles. The predicted octanol–water partition coefficient (Wildman–Crippen LogP) is 5.30. The Morgan fingerprint density at radius 1 is 0.872 bits per heavy atom. The van der Waals surface area contributed by atoms with Gasteiger partial charge in [-0.1, -0.05) is 48.5 Å². The Balaban J connectivity index is 1.48. The third kappa shape index (κ3) is 5.22. The minimum Gasteiger partial charge on any atom is -0.467 e. The summed E-state index contributed by atoms with van der Waals surface area (Å²) >= 11 is 0. The SMILES string of the molecule is Cc1cccc(C)c1-c1cc2nc(n1)NS(=O)(=O)c1cccc(c1)C(=O)NCC(c1ccc(C3CC3)cc1)O2. The normalized spacial score (nSPS) is 18.4. The van der Waals surface area contributed by atoms with E-state index < -0.39 is 22.0 Å². The molecule has 0 radical (unpaired) electrons. The number of carbonyl (C=O) groups excluding carboxylic acids is 1. The number of carbonyl (C=O) groups is 1. The number of aromatic nitrogens is 2. The van der Waals surface area contributed by atoms with Crippen molar-refractivity contribution in [2.24, 2.45) is 0 Å². The fourth-order valence-corrected chi connectivity index (χ4v) is 5.91. The molecule has 1 aliphatic heterocycles. The highest BCUT2D eigenvalue weighted by molar-refractivity contribution is 7.92. The van der Waals surface area contributed by atoms with Gasteiger partial charge in [-0.05, 0) is 73.1 Å². The van der Waals surface area contributed by atoms with Crippen molar-refractivity contribution in [2.75, 3.05) is 11.3 Å². The van der Waals surface area contributed by atoms with E-state index in [-0.39, 0.29) is 28.8 Å². The predicted molar refractivity (Wildman–Crippen MR) is 148 cm³/mol. The molecule has 4 bridgehead atoms. The van der Waals surface area contributed by atoms with Crippen LogP contribution in [0.5, 0.6) is 5.88 Å². The quantitative estimate of drug-likeness (QED) is 0.365. The molecule has 4 aromatic rings. The molecule has 1 fully saturated rings. The van der Waals surface area contributed by atoms with Crippen LogP contribution in [0.3, 0.4) is 0 Å². The third-order valence-electron chi connectivity index (χ3n) is 7.14. The van der Waals surface area contributed by atoms with Crippen molar-refractivity contribution in [3.63, 3.8) is 0 Å². The summed E-state index contributed by atoms with van der Waals surface area (Å²) in [5.74, 6) is 0.293. The summed E-state index contributed by atoms with van der Waals surface area (Å²) in [5.41, 5.74) is 5.76. The maximum Gasteiger partial charge on any atom is 0.264 e. The third-order valence-corrected chi connectivity index (χ3v) is 8.47. The molecule has 1 saturated carbocycles. The molecule has 8 nitrogen and oxygen atoms in total. The number of hydrogen-bond donors (Lipinski definition) is 2. The highest BCUT2D eigenvalue weighted by atomic mass is 32.2. The van der Waals surface area contributed by atoms with Gasteiger partial charge in [-0.25, -0.2) is 18.1 Å². The lowest BCUT2D eigenvalue weighted by atomic mass is 10.00. The lowest BCUT2D eigenvalue weighted by Crippen LogP contribution is -2.30.